The smallest absolute Gasteiger partial charge is 0.330 e. The van der Waals surface area contributed by atoms with Gasteiger partial charge in [-0.2, -0.15) is 5.26 Å². The summed E-state index contributed by atoms with van der Waals surface area (Å²) < 4.78 is 11.7. The van der Waals surface area contributed by atoms with Crippen LogP contribution in [0.25, 0.3) is 0 Å². The average Bonchev–Trinajstić information content (AvgIpc) is 2.73. The maximum atomic E-state index is 11.9. The van der Waals surface area contributed by atoms with E-state index in [9.17, 15) is 9.90 Å². The van der Waals surface area contributed by atoms with Crippen molar-refractivity contribution in [3.8, 4) is 17.6 Å². The summed E-state index contributed by atoms with van der Waals surface area (Å²) in [6, 6.07) is 13.0. The van der Waals surface area contributed by atoms with Gasteiger partial charge in [-0.1, -0.05) is 32.8 Å². The highest BCUT2D eigenvalue weighted by Gasteiger charge is 2.21. The number of ether oxygens (including phenoxy) is 2. The molecule has 154 valence electrons. The first kappa shape index (κ1) is 22.1. The van der Waals surface area contributed by atoms with Crippen LogP contribution >= 0.6 is 0 Å². The number of carboxylic acid groups (broad SMARTS) is 1. The molecule has 0 spiro atoms. The molecule has 2 rings (SSSR count). The zero-order valence-corrected chi connectivity index (χ0v) is 17.0. The molecule has 0 aliphatic rings. The molecule has 0 bridgehead atoms. The summed E-state index contributed by atoms with van der Waals surface area (Å²) in [5, 5.41) is 21.7. The molecule has 0 fully saturated rings. The molecular formula is C23H28N2O4. The van der Waals surface area contributed by atoms with Gasteiger partial charge in [-0.25, -0.2) is 4.79 Å². The normalized spacial score (nSPS) is 11.3. The van der Waals surface area contributed by atoms with Crippen molar-refractivity contribution in [1.82, 2.24) is 0 Å². The Morgan fingerprint density at radius 2 is 1.66 bits per heavy atom. The molecule has 0 aliphatic carbocycles. The molecule has 0 aromatic heterocycles. The lowest BCUT2D eigenvalue weighted by Crippen LogP contribution is -2.20. The van der Waals surface area contributed by atoms with Crippen molar-refractivity contribution < 1.29 is 19.4 Å². The van der Waals surface area contributed by atoms with Crippen LogP contribution in [0.2, 0.25) is 0 Å². The Balaban J connectivity index is 2.25. The second-order valence-corrected chi connectivity index (χ2v) is 6.71. The second-order valence-electron chi connectivity index (χ2n) is 6.71. The predicted octanol–water partition coefficient (Wildman–Crippen LogP) is 5.15. The first-order chi connectivity index (χ1) is 14.1. The van der Waals surface area contributed by atoms with E-state index in [1.807, 2.05) is 6.07 Å². The fraction of sp³-hybridized carbons (Fsp3) is 0.391. The summed E-state index contributed by atoms with van der Waals surface area (Å²) in [6.45, 7) is 5.31. The van der Waals surface area contributed by atoms with Crippen LogP contribution in [0.1, 0.15) is 56.7 Å². The van der Waals surface area contributed by atoms with Crippen LogP contribution in [-0.4, -0.2) is 24.3 Å². The third kappa shape index (κ3) is 6.72. The molecular weight excluding hydrogens is 368 g/mol. The lowest BCUT2D eigenvalue weighted by atomic mass is 10.1. The molecule has 2 aromatic carbocycles. The van der Waals surface area contributed by atoms with Crippen molar-refractivity contribution in [2.45, 2.75) is 45.6 Å². The van der Waals surface area contributed by atoms with Crippen molar-refractivity contribution in [2.24, 2.45) is 0 Å². The van der Waals surface area contributed by atoms with E-state index in [0.29, 0.717) is 41.5 Å². The number of nitrogens with zero attached hydrogens (tertiary/aromatic N) is 1. The van der Waals surface area contributed by atoms with Crippen LogP contribution in [0.5, 0.6) is 11.5 Å². The minimum absolute atomic E-state index is 0.516. The Morgan fingerprint density at radius 1 is 1.03 bits per heavy atom. The highest BCUT2D eigenvalue weighted by Crippen LogP contribution is 2.32. The number of nitrogens with one attached hydrogen (secondary N) is 1. The van der Waals surface area contributed by atoms with Crippen LogP contribution < -0.4 is 14.8 Å². The number of benzene rings is 2. The zero-order valence-electron chi connectivity index (χ0n) is 17.0. The van der Waals surface area contributed by atoms with Gasteiger partial charge in [0.25, 0.3) is 0 Å². The van der Waals surface area contributed by atoms with E-state index >= 15 is 0 Å². The first-order valence-corrected chi connectivity index (χ1v) is 9.98. The number of aliphatic carboxylic acids is 1. The van der Waals surface area contributed by atoms with Gasteiger partial charge in [0.05, 0.1) is 24.8 Å². The number of hydrogen-bond donors (Lipinski definition) is 2. The van der Waals surface area contributed by atoms with E-state index in [1.54, 1.807) is 42.5 Å². The number of carbonyl (C=O) groups is 1. The predicted molar refractivity (Wildman–Crippen MR) is 112 cm³/mol. The van der Waals surface area contributed by atoms with E-state index < -0.39 is 12.0 Å². The Labute approximate surface area is 172 Å². The summed E-state index contributed by atoms with van der Waals surface area (Å²) in [7, 11) is 0. The van der Waals surface area contributed by atoms with Crippen molar-refractivity contribution in [2.75, 3.05) is 18.5 Å². The fourth-order valence-corrected chi connectivity index (χ4v) is 2.68. The zero-order chi connectivity index (χ0) is 21.1. The van der Waals surface area contributed by atoms with E-state index in [4.69, 9.17) is 14.7 Å². The second kappa shape index (κ2) is 11.6. The van der Waals surface area contributed by atoms with Gasteiger partial charge in [-0.05, 0) is 54.8 Å². The van der Waals surface area contributed by atoms with Crippen molar-refractivity contribution in [3.05, 3.63) is 53.6 Å². The van der Waals surface area contributed by atoms with Gasteiger partial charge >= 0.3 is 5.97 Å². The SMILES string of the molecule is CCCCOc1ccc(C(Nc2ccc(C#N)cc2)C(=O)O)cc1OCCCC. The number of anilines is 1. The molecule has 0 heterocycles. The molecule has 0 radical (unpaired) electrons. The standard InChI is InChI=1S/C23H28N2O4/c1-3-5-13-28-20-12-9-18(15-21(20)29-14-6-4-2)22(23(26)27)25-19-10-7-17(16-24)8-11-19/h7-12,15,22,25H,3-6,13-14H2,1-2H3,(H,26,27). The molecule has 6 nitrogen and oxygen atoms in total. The average molecular weight is 396 g/mol. The van der Waals surface area contributed by atoms with E-state index in [0.717, 1.165) is 25.7 Å². The Morgan fingerprint density at radius 3 is 2.21 bits per heavy atom. The molecule has 1 atom stereocenters. The number of unbranched alkanes of at least 4 members (excludes halogenated alkanes) is 2. The quantitative estimate of drug-likeness (QED) is 0.482. The molecule has 2 N–H and O–H groups in total. The van der Waals surface area contributed by atoms with Crippen molar-refractivity contribution >= 4 is 11.7 Å². The van der Waals surface area contributed by atoms with Crippen LogP contribution in [-0.2, 0) is 4.79 Å². The van der Waals surface area contributed by atoms with Crippen LogP contribution in [0.15, 0.2) is 42.5 Å². The van der Waals surface area contributed by atoms with Gasteiger partial charge in [-0.15, -0.1) is 0 Å². The van der Waals surface area contributed by atoms with Gasteiger partial charge < -0.3 is 19.9 Å². The third-order valence-electron chi connectivity index (χ3n) is 4.38. The van der Waals surface area contributed by atoms with E-state index in [1.165, 1.54) is 0 Å². The monoisotopic (exact) mass is 396 g/mol. The summed E-state index contributed by atoms with van der Waals surface area (Å²) >= 11 is 0. The summed E-state index contributed by atoms with van der Waals surface area (Å²) in [4.78, 5) is 11.9. The molecule has 0 amide bonds. The molecule has 1 unspecified atom stereocenters. The van der Waals surface area contributed by atoms with Crippen LogP contribution in [0, 0.1) is 11.3 Å². The van der Waals surface area contributed by atoms with E-state index in [2.05, 4.69) is 19.2 Å². The Hall–Kier alpha value is -3.20. The number of rotatable bonds is 12. The molecule has 0 saturated heterocycles. The minimum atomic E-state index is -1.01. The van der Waals surface area contributed by atoms with Gasteiger partial charge in [0.2, 0.25) is 0 Å². The van der Waals surface area contributed by atoms with Crippen LogP contribution in [0.3, 0.4) is 0 Å². The van der Waals surface area contributed by atoms with Gasteiger partial charge in [0, 0.05) is 5.69 Å². The van der Waals surface area contributed by atoms with Crippen molar-refractivity contribution in [1.29, 1.82) is 5.26 Å². The first-order valence-electron chi connectivity index (χ1n) is 9.98. The summed E-state index contributed by atoms with van der Waals surface area (Å²) in [5.41, 5.74) is 1.70. The molecule has 29 heavy (non-hydrogen) atoms. The van der Waals surface area contributed by atoms with E-state index in [-0.39, 0.29) is 0 Å². The van der Waals surface area contributed by atoms with Gasteiger partial charge in [-0.3, -0.25) is 0 Å². The maximum Gasteiger partial charge on any atom is 0.330 e. The Bertz CT molecular complexity index is 828. The fourth-order valence-electron chi connectivity index (χ4n) is 2.68. The minimum Gasteiger partial charge on any atom is -0.490 e. The summed E-state index contributed by atoms with van der Waals surface area (Å²) in [5.74, 6) is 0.175. The van der Waals surface area contributed by atoms with Crippen LogP contribution in [0.4, 0.5) is 5.69 Å². The molecule has 6 heteroatoms. The Kier molecular flexibility index (Phi) is 8.84. The summed E-state index contributed by atoms with van der Waals surface area (Å²) in [6.07, 6.45) is 3.88. The van der Waals surface area contributed by atoms with Gasteiger partial charge in [0.1, 0.15) is 0 Å². The number of hydrogen-bond acceptors (Lipinski definition) is 5. The molecule has 2 aromatic rings. The lowest BCUT2D eigenvalue weighted by molar-refractivity contribution is -0.138. The third-order valence-corrected chi connectivity index (χ3v) is 4.38. The number of carboxylic acids is 1. The number of nitriles is 1. The molecule has 0 saturated carbocycles. The lowest BCUT2D eigenvalue weighted by Gasteiger charge is -2.19. The molecule has 0 aliphatic heterocycles. The maximum absolute atomic E-state index is 11.9. The van der Waals surface area contributed by atoms with Gasteiger partial charge in [0.15, 0.2) is 17.5 Å². The largest absolute Gasteiger partial charge is 0.490 e. The highest BCUT2D eigenvalue weighted by atomic mass is 16.5. The topological polar surface area (TPSA) is 91.6 Å². The highest BCUT2D eigenvalue weighted by molar-refractivity contribution is 5.79. The van der Waals surface area contributed by atoms with Crippen molar-refractivity contribution in [3.63, 3.8) is 0 Å².